The minimum Gasteiger partial charge on any atom is -0.497 e. The maximum absolute atomic E-state index is 12.3. The Hall–Kier alpha value is -2.69. The minimum absolute atomic E-state index is 0.243. The van der Waals surface area contributed by atoms with Gasteiger partial charge in [-0.25, -0.2) is 0 Å². The lowest BCUT2D eigenvalue weighted by atomic mass is 10.2. The number of nitrogens with one attached hydrogen (secondary N) is 1. The van der Waals surface area contributed by atoms with Crippen molar-refractivity contribution in [1.82, 2.24) is 0 Å². The van der Waals surface area contributed by atoms with Gasteiger partial charge < -0.3 is 19.5 Å². The summed E-state index contributed by atoms with van der Waals surface area (Å²) in [5.41, 5.74) is 0.629. The molecule has 0 fully saturated rings. The Kier molecular flexibility index (Phi) is 5.86. The lowest BCUT2D eigenvalue weighted by molar-refractivity contribution is -0.122. The second-order valence-corrected chi connectivity index (χ2v) is 4.85. The molecule has 2 rings (SSSR count). The van der Waals surface area contributed by atoms with Crippen molar-refractivity contribution in [1.29, 1.82) is 0 Å². The Morgan fingerprint density at radius 1 is 1.09 bits per heavy atom. The molecule has 0 aromatic heterocycles. The van der Waals surface area contributed by atoms with Crippen LogP contribution in [0.1, 0.15) is 13.8 Å². The number of anilines is 1. The highest BCUT2D eigenvalue weighted by molar-refractivity contribution is 5.95. The van der Waals surface area contributed by atoms with Crippen molar-refractivity contribution < 1.29 is 19.0 Å². The van der Waals surface area contributed by atoms with Crippen LogP contribution in [0.3, 0.4) is 0 Å². The van der Waals surface area contributed by atoms with Crippen LogP contribution in [0.5, 0.6) is 17.2 Å². The third-order valence-electron chi connectivity index (χ3n) is 3.19. The molecule has 0 aliphatic heterocycles. The molecule has 23 heavy (non-hydrogen) atoms. The molecule has 1 amide bonds. The lowest BCUT2D eigenvalue weighted by Crippen LogP contribution is -2.30. The molecule has 2 aromatic carbocycles. The van der Waals surface area contributed by atoms with E-state index in [0.717, 1.165) is 5.75 Å². The number of para-hydroxylation sites is 2. The van der Waals surface area contributed by atoms with Crippen LogP contribution < -0.4 is 19.5 Å². The van der Waals surface area contributed by atoms with E-state index in [9.17, 15) is 4.79 Å². The number of ether oxygens (including phenoxy) is 3. The smallest absolute Gasteiger partial charge is 0.265 e. The number of carbonyl (C=O) groups is 1. The highest BCUT2D eigenvalue weighted by atomic mass is 16.5. The molecular weight excluding hydrogens is 294 g/mol. The molecular formula is C18H21NO4. The fourth-order valence-electron chi connectivity index (χ4n) is 2.00. The molecule has 0 saturated heterocycles. The predicted octanol–water partition coefficient (Wildman–Crippen LogP) is 3.50. The molecule has 5 nitrogen and oxygen atoms in total. The van der Waals surface area contributed by atoms with E-state index in [2.05, 4.69) is 5.32 Å². The third kappa shape index (κ3) is 4.64. The van der Waals surface area contributed by atoms with Crippen LogP contribution in [0.2, 0.25) is 0 Å². The van der Waals surface area contributed by atoms with Crippen molar-refractivity contribution in [3.8, 4) is 17.2 Å². The molecule has 122 valence electrons. The van der Waals surface area contributed by atoms with Crippen LogP contribution in [0, 0.1) is 0 Å². The van der Waals surface area contributed by atoms with Gasteiger partial charge >= 0.3 is 0 Å². The summed E-state index contributed by atoms with van der Waals surface area (Å²) in [6.45, 7) is 4.13. The third-order valence-corrected chi connectivity index (χ3v) is 3.19. The summed E-state index contributed by atoms with van der Waals surface area (Å²) < 4.78 is 16.2. The Labute approximate surface area is 136 Å². The largest absolute Gasteiger partial charge is 0.497 e. The summed E-state index contributed by atoms with van der Waals surface area (Å²) in [6.07, 6.45) is -0.641. The first-order chi connectivity index (χ1) is 11.1. The average Bonchev–Trinajstić information content (AvgIpc) is 2.57. The van der Waals surface area contributed by atoms with E-state index in [-0.39, 0.29) is 5.91 Å². The first-order valence-electron chi connectivity index (χ1n) is 7.47. The van der Waals surface area contributed by atoms with E-state index in [0.29, 0.717) is 23.8 Å². The second-order valence-electron chi connectivity index (χ2n) is 4.85. The standard InChI is InChI=1S/C18H21NO4/c1-4-22-17-8-6-5-7-16(17)19-18(20)13(2)23-15-11-9-14(21-3)10-12-15/h5-13H,4H2,1-3H3,(H,19,20)/t13-/m0/s1. The first-order valence-corrected chi connectivity index (χ1v) is 7.47. The fraction of sp³-hybridized carbons (Fsp3) is 0.278. The van der Waals surface area contributed by atoms with Crippen molar-refractivity contribution in [3.05, 3.63) is 48.5 Å². The molecule has 1 atom stereocenters. The van der Waals surface area contributed by atoms with Gasteiger partial charge in [-0.1, -0.05) is 12.1 Å². The average molecular weight is 315 g/mol. The van der Waals surface area contributed by atoms with Crippen LogP contribution in [0.15, 0.2) is 48.5 Å². The summed E-state index contributed by atoms with van der Waals surface area (Å²) in [6, 6.07) is 14.4. The number of methoxy groups -OCH3 is 1. The summed E-state index contributed by atoms with van der Waals surface area (Å²) in [7, 11) is 1.60. The molecule has 5 heteroatoms. The van der Waals surface area contributed by atoms with E-state index in [1.165, 1.54) is 0 Å². The van der Waals surface area contributed by atoms with Crippen molar-refractivity contribution in [2.45, 2.75) is 20.0 Å². The Balaban J connectivity index is 1.99. The van der Waals surface area contributed by atoms with Gasteiger partial charge in [-0.05, 0) is 50.2 Å². The van der Waals surface area contributed by atoms with E-state index in [4.69, 9.17) is 14.2 Å². The molecule has 0 radical (unpaired) electrons. The van der Waals surface area contributed by atoms with Gasteiger partial charge in [0.15, 0.2) is 6.10 Å². The number of benzene rings is 2. The van der Waals surface area contributed by atoms with Crippen LogP contribution in [-0.2, 0) is 4.79 Å². The molecule has 2 aromatic rings. The van der Waals surface area contributed by atoms with Gasteiger partial charge in [0.1, 0.15) is 17.2 Å². The molecule has 0 spiro atoms. The molecule has 0 aliphatic carbocycles. The summed E-state index contributed by atoms with van der Waals surface area (Å²) in [4.78, 5) is 12.3. The van der Waals surface area contributed by atoms with E-state index < -0.39 is 6.10 Å². The molecule has 0 saturated carbocycles. The number of amides is 1. The van der Waals surface area contributed by atoms with Crippen LogP contribution in [0.4, 0.5) is 5.69 Å². The summed E-state index contributed by atoms with van der Waals surface area (Å²) in [5, 5.41) is 2.82. The van der Waals surface area contributed by atoms with Crippen molar-refractivity contribution in [2.24, 2.45) is 0 Å². The van der Waals surface area contributed by atoms with E-state index in [1.54, 1.807) is 44.4 Å². The number of hydrogen-bond acceptors (Lipinski definition) is 4. The maximum Gasteiger partial charge on any atom is 0.265 e. The number of rotatable bonds is 7. The molecule has 0 aliphatic rings. The Morgan fingerprint density at radius 3 is 2.39 bits per heavy atom. The van der Waals surface area contributed by atoms with Gasteiger partial charge in [-0.3, -0.25) is 4.79 Å². The predicted molar refractivity (Wildman–Crippen MR) is 89.3 cm³/mol. The maximum atomic E-state index is 12.3. The molecule has 1 N–H and O–H groups in total. The van der Waals surface area contributed by atoms with Crippen molar-refractivity contribution >= 4 is 11.6 Å². The van der Waals surface area contributed by atoms with Gasteiger partial charge in [-0.2, -0.15) is 0 Å². The minimum atomic E-state index is -0.641. The highest BCUT2D eigenvalue weighted by Crippen LogP contribution is 2.24. The van der Waals surface area contributed by atoms with Gasteiger partial charge in [-0.15, -0.1) is 0 Å². The van der Waals surface area contributed by atoms with Gasteiger partial charge in [0.2, 0.25) is 0 Å². The lowest BCUT2D eigenvalue weighted by Gasteiger charge is -2.16. The molecule has 0 bridgehead atoms. The van der Waals surface area contributed by atoms with E-state index >= 15 is 0 Å². The van der Waals surface area contributed by atoms with Crippen LogP contribution in [0.25, 0.3) is 0 Å². The number of hydrogen-bond donors (Lipinski definition) is 1. The van der Waals surface area contributed by atoms with Crippen molar-refractivity contribution in [2.75, 3.05) is 19.0 Å². The van der Waals surface area contributed by atoms with Gasteiger partial charge in [0, 0.05) is 0 Å². The zero-order chi connectivity index (χ0) is 16.7. The summed E-state index contributed by atoms with van der Waals surface area (Å²) in [5.74, 6) is 1.74. The number of carbonyl (C=O) groups excluding carboxylic acids is 1. The first kappa shape index (κ1) is 16.7. The summed E-state index contributed by atoms with van der Waals surface area (Å²) >= 11 is 0. The monoisotopic (exact) mass is 315 g/mol. The second kappa shape index (κ2) is 8.08. The molecule has 0 heterocycles. The SMILES string of the molecule is CCOc1ccccc1NC(=O)[C@H](C)Oc1ccc(OC)cc1. The van der Waals surface area contributed by atoms with E-state index in [1.807, 2.05) is 25.1 Å². The fourth-order valence-corrected chi connectivity index (χ4v) is 2.00. The normalized spacial score (nSPS) is 11.4. The quantitative estimate of drug-likeness (QED) is 0.849. The topological polar surface area (TPSA) is 56.8 Å². The van der Waals surface area contributed by atoms with Gasteiger partial charge in [0.05, 0.1) is 19.4 Å². The van der Waals surface area contributed by atoms with Crippen LogP contribution >= 0.6 is 0 Å². The highest BCUT2D eigenvalue weighted by Gasteiger charge is 2.16. The molecule has 0 unspecified atom stereocenters. The van der Waals surface area contributed by atoms with Crippen LogP contribution in [-0.4, -0.2) is 25.7 Å². The Bertz CT molecular complexity index is 640. The van der Waals surface area contributed by atoms with Gasteiger partial charge in [0.25, 0.3) is 5.91 Å². The Morgan fingerprint density at radius 2 is 1.74 bits per heavy atom. The zero-order valence-corrected chi connectivity index (χ0v) is 13.5. The zero-order valence-electron chi connectivity index (χ0n) is 13.5. The van der Waals surface area contributed by atoms with Crippen molar-refractivity contribution in [3.63, 3.8) is 0 Å².